The van der Waals surface area contributed by atoms with Crippen LogP contribution in [0.2, 0.25) is 0 Å². The highest BCUT2D eigenvalue weighted by Crippen LogP contribution is 2.32. The molecule has 1 unspecified atom stereocenters. The Bertz CT molecular complexity index is 564. The van der Waals surface area contributed by atoms with E-state index in [1.807, 2.05) is 0 Å². The molecule has 0 saturated carbocycles. The molecule has 7 heteroatoms. The van der Waals surface area contributed by atoms with Crippen molar-refractivity contribution in [3.8, 4) is 0 Å². The van der Waals surface area contributed by atoms with Crippen molar-refractivity contribution in [1.29, 1.82) is 0 Å². The minimum atomic E-state index is -0.830. The predicted octanol–water partition coefficient (Wildman–Crippen LogP) is 1.35. The van der Waals surface area contributed by atoms with E-state index in [2.05, 4.69) is 10.3 Å². The minimum absolute atomic E-state index is 0.0224. The molecule has 0 spiro atoms. The number of carbonyl (C=O) groups is 2. The molecule has 1 atom stereocenters. The molecule has 2 fully saturated rings. The second-order valence-electron chi connectivity index (χ2n) is 5.84. The van der Waals surface area contributed by atoms with Gasteiger partial charge in [-0.3, -0.25) is 9.59 Å². The number of amides is 2. The third kappa shape index (κ3) is 2.55. The SMILES string of the molecule is CC1(C)C(=O)NCCN1C(=O)c1cnc(C2CCCO2)s1. The lowest BCUT2D eigenvalue weighted by Gasteiger charge is -2.40. The summed E-state index contributed by atoms with van der Waals surface area (Å²) in [5, 5.41) is 3.65. The maximum atomic E-state index is 12.7. The van der Waals surface area contributed by atoms with Crippen LogP contribution in [0, 0.1) is 0 Å². The predicted molar refractivity (Wildman–Crippen MR) is 78.2 cm³/mol. The van der Waals surface area contributed by atoms with Gasteiger partial charge in [0, 0.05) is 19.7 Å². The van der Waals surface area contributed by atoms with Crippen molar-refractivity contribution in [2.24, 2.45) is 0 Å². The topological polar surface area (TPSA) is 71.5 Å². The first-order chi connectivity index (χ1) is 10.00. The Morgan fingerprint density at radius 1 is 1.57 bits per heavy atom. The van der Waals surface area contributed by atoms with Gasteiger partial charge in [-0.15, -0.1) is 11.3 Å². The molecule has 21 heavy (non-hydrogen) atoms. The Labute approximate surface area is 127 Å². The Balaban J connectivity index is 1.80. The fourth-order valence-electron chi connectivity index (χ4n) is 2.70. The van der Waals surface area contributed by atoms with Gasteiger partial charge < -0.3 is 15.0 Å². The van der Waals surface area contributed by atoms with Gasteiger partial charge in [0.15, 0.2) is 0 Å². The maximum Gasteiger partial charge on any atom is 0.266 e. The summed E-state index contributed by atoms with van der Waals surface area (Å²) in [6, 6.07) is 0. The molecule has 2 saturated heterocycles. The summed E-state index contributed by atoms with van der Waals surface area (Å²) in [6.07, 6.45) is 3.62. The normalized spacial score (nSPS) is 25.0. The molecular weight excluding hydrogens is 290 g/mol. The zero-order chi connectivity index (χ0) is 15.0. The summed E-state index contributed by atoms with van der Waals surface area (Å²) in [7, 11) is 0. The van der Waals surface area contributed by atoms with Crippen LogP contribution in [0.5, 0.6) is 0 Å². The fourth-order valence-corrected chi connectivity index (χ4v) is 3.65. The Morgan fingerprint density at radius 3 is 3.10 bits per heavy atom. The van der Waals surface area contributed by atoms with Gasteiger partial charge in [0.2, 0.25) is 5.91 Å². The third-order valence-electron chi connectivity index (χ3n) is 4.04. The molecule has 0 aromatic carbocycles. The average molecular weight is 309 g/mol. The molecule has 114 valence electrons. The van der Waals surface area contributed by atoms with Crippen molar-refractivity contribution in [2.45, 2.75) is 38.3 Å². The lowest BCUT2D eigenvalue weighted by molar-refractivity contribution is -0.133. The smallest absolute Gasteiger partial charge is 0.266 e. The highest BCUT2D eigenvalue weighted by molar-refractivity contribution is 7.13. The summed E-state index contributed by atoms with van der Waals surface area (Å²) in [5.41, 5.74) is -0.830. The van der Waals surface area contributed by atoms with E-state index in [0.29, 0.717) is 18.0 Å². The average Bonchev–Trinajstić information content (AvgIpc) is 3.10. The number of nitrogens with zero attached hydrogens (tertiary/aromatic N) is 2. The van der Waals surface area contributed by atoms with Crippen molar-refractivity contribution >= 4 is 23.2 Å². The van der Waals surface area contributed by atoms with Crippen LogP contribution >= 0.6 is 11.3 Å². The van der Waals surface area contributed by atoms with E-state index in [9.17, 15) is 9.59 Å². The first kappa shape index (κ1) is 14.5. The fraction of sp³-hybridized carbons (Fsp3) is 0.643. The molecule has 1 aromatic heterocycles. The molecule has 2 aliphatic rings. The van der Waals surface area contributed by atoms with Crippen molar-refractivity contribution in [3.05, 3.63) is 16.1 Å². The molecule has 3 rings (SSSR count). The quantitative estimate of drug-likeness (QED) is 0.895. The lowest BCUT2D eigenvalue weighted by Crippen LogP contribution is -2.63. The number of aromatic nitrogens is 1. The maximum absolute atomic E-state index is 12.7. The van der Waals surface area contributed by atoms with E-state index in [0.717, 1.165) is 24.5 Å². The molecule has 3 heterocycles. The van der Waals surface area contributed by atoms with Crippen molar-refractivity contribution in [1.82, 2.24) is 15.2 Å². The van der Waals surface area contributed by atoms with Crippen LogP contribution < -0.4 is 5.32 Å². The summed E-state index contributed by atoms with van der Waals surface area (Å²) in [5.74, 6) is -0.248. The van der Waals surface area contributed by atoms with E-state index in [4.69, 9.17) is 4.74 Å². The van der Waals surface area contributed by atoms with Crippen LogP contribution in [0.15, 0.2) is 6.20 Å². The Hall–Kier alpha value is -1.47. The van der Waals surface area contributed by atoms with Gasteiger partial charge in [0.1, 0.15) is 21.5 Å². The second kappa shape index (κ2) is 5.38. The molecule has 1 aromatic rings. The largest absolute Gasteiger partial charge is 0.371 e. The summed E-state index contributed by atoms with van der Waals surface area (Å²) in [6.45, 7) is 5.30. The van der Waals surface area contributed by atoms with Gasteiger partial charge in [-0.25, -0.2) is 4.98 Å². The first-order valence-corrected chi connectivity index (χ1v) is 7.99. The second-order valence-corrected chi connectivity index (χ2v) is 6.90. The van der Waals surface area contributed by atoms with Gasteiger partial charge in [0.05, 0.1) is 6.20 Å². The van der Waals surface area contributed by atoms with Crippen LogP contribution in [0.3, 0.4) is 0 Å². The molecule has 1 N–H and O–H groups in total. The number of rotatable bonds is 2. The summed E-state index contributed by atoms with van der Waals surface area (Å²) >= 11 is 1.37. The number of carbonyl (C=O) groups excluding carboxylic acids is 2. The first-order valence-electron chi connectivity index (χ1n) is 7.18. The van der Waals surface area contributed by atoms with E-state index >= 15 is 0 Å². The van der Waals surface area contributed by atoms with Gasteiger partial charge in [-0.1, -0.05) is 0 Å². The van der Waals surface area contributed by atoms with E-state index in [-0.39, 0.29) is 17.9 Å². The van der Waals surface area contributed by atoms with Crippen LogP contribution in [0.4, 0.5) is 0 Å². The number of piperazine rings is 1. The number of hydrogen-bond acceptors (Lipinski definition) is 5. The highest BCUT2D eigenvalue weighted by Gasteiger charge is 2.41. The van der Waals surface area contributed by atoms with Crippen molar-refractivity contribution in [3.63, 3.8) is 0 Å². The number of thiazole rings is 1. The van der Waals surface area contributed by atoms with E-state index < -0.39 is 5.54 Å². The molecule has 2 aliphatic heterocycles. The third-order valence-corrected chi connectivity index (χ3v) is 5.11. The van der Waals surface area contributed by atoms with Crippen LogP contribution in [-0.2, 0) is 9.53 Å². The number of hydrogen-bond donors (Lipinski definition) is 1. The molecule has 6 nitrogen and oxygen atoms in total. The molecule has 0 bridgehead atoms. The van der Waals surface area contributed by atoms with Crippen LogP contribution in [0.25, 0.3) is 0 Å². The minimum Gasteiger partial charge on any atom is -0.371 e. The van der Waals surface area contributed by atoms with Crippen molar-refractivity contribution in [2.75, 3.05) is 19.7 Å². The van der Waals surface area contributed by atoms with E-state index in [1.54, 1.807) is 24.9 Å². The van der Waals surface area contributed by atoms with Crippen LogP contribution in [-0.4, -0.2) is 46.9 Å². The lowest BCUT2D eigenvalue weighted by atomic mass is 9.99. The van der Waals surface area contributed by atoms with E-state index in [1.165, 1.54) is 11.3 Å². The molecular formula is C14H19N3O3S. The Kier molecular flexibility index (Phi) is 3.71. The number of nitrogens with one attached hydrogen (secondary N) is 1. The Morgan fingerprint density at radius 2 is 2.38 bits per heavy atom. The van der Waals surface area contributed by atoms with Gasteiger partial charge in [0.25, 0.3) is 5.91 Å². The van der Waals surface area contributed by atoms with Gasteiger partial charge >= 0.3 is 0 Å². The summed E-state index contributed by atoms with van der Waals surface area (Å²) < 4.78 is 5.59. The summed E-state index contributed by atoms with van der Waals surface area (Å²) in [4.78, 5) is 31.1. The monoisotopic (exact) mass is 309 g/mol. The molecule has 0 radical (unpaired) electrons. The molecule has 0 aliphatic carbocycles. The van der Waals surface area contributed by atoms with Crippen LogP contribution in [0.1, 0.15) is 47.5 Å². The standard InChI is InChI=1S/C14H19N3O3S/c1-14(2)13(19)15-5-6-17(14)12(18)10-8-16-11(21-10)9-4-3-7-20-9/h8-9H,3-7H2,1-2H3,(H,15,19). The van der Waals surface area contributed by atoms with Crippen molar-refractivity contribution < 1.29 is 14.3 Å². The highest BCUT2D eigenvalue weighted by atomic mass is 32.1. The zero-order valence-electron chi connectivity index (χ0n) is 12.2. The number of ether oxygens (including phenoxy) is 1. The van der Waals surface area contributed by atoms with Gasteiger partial charge in [-0.2, -0.15) is 0 Å². The molecule has 2 amide bonds. The van der Waals surface area contributed by atoms with Gasteiger partial charge in [-0.05, 0) is 26.7 Å². The zero-order valence-corrected chi connectivity index (χ0v) is 13.0.